The second-order valence-corrected chi connectivity index (χ2v) is 9.37. The highest BCUT2D eigenvalue weighted by Crippen LogP contribution is 2.49. The number of hydrogen-bond donors (Lipinski definition) is 0. The van der Waals surface area contributed by atoms with Crippen molar-refractivity contribution in [3.63, 3.8) is 0 Å². The first kappa shape index (κ1) is 23.7. The van der Waals surface area contributed by atoms with Gasteiger partial charge in [0.1, 0.15) is 0 Å². The van der Waals surface area contributed by atoms with E-state index in [4.69, 9.17) is 39.6 Å². The number of benzene rings is 3. The van der Waals surface area contributed by atoms with Crippen LogP contribution in [0.15, 0.2) is 78.1 Å². The number of oxime groups is 1. The molecule has 4 nitrogen and oxygen atoms in total. The van der Waals surface area contributed by atoms with Gasteiger partial charge in [0, 0.05) is 44.2 Å². The summed E-state index contributed by atoms with van der Waals surface area (Å²) in [5, 5.41) is 5.21. The highest BCUT2D eigenvalue weighted by atomic mass is 35.5. The summed E-state index contributed by atoms with van der Waals surface area (Å²) in [6.07, 6.45) is -3.73. The molecule has 35 heavy (non-hydrogen) atoms. The van der Waals surface area contributed by atoms with Crippen LogP contribution in [0.4, 0.5) is 13.2 Å². The van der Waals surface area contributed by atoms with Gasteiger partial charge in [-0.15, -0.1) is 0 Å². The van der Waals surface area contributed by atoms with Crippen molar-refractivity contribution in [3.8, 4) is 0 Å². The van der Waals surface area contributed by atoms with E-state index in [2.05, 4.69) is 5.16 Å². The summed E-state index contributed by atoms with van der Waals surface area (Å²) in [4.78, 5) is 18.0. The largest absolute Gasteiger partial charge is 0.435 e. The molecule has 0 fully saturated rings. The van der Waals surface area contributed by atoms with Gasteiger partial charge in [-0.3, -0.25) is 9.36 Å². The number of aromatic nitrogens is 1. The Morgan fingerprint density at radius 3 is 2.26 bits per heavy atom. The minimum absolute atomic E-state index is 0.0517. The molecular weight excluding hydrogens is 524 g/mol. The van der Waals surface area contributed by atoms with Gasteiger partial charge >= 0.3 is 6.18 Å². The zero-order valence-corrected chi connectivity index (χ0v) is 19.9. The van der Waals surface area contributed by atoms with Crippen LogP contribution in [0.3, 0.4) is 0 Å². The zero-order valence-electron chi connectivity index (χ0n) is 17.6. The SMILES string of the molecule is O=C(c1ccc(C2=NOC(c3cc(Cl)cc(Cl)c3)(C(F)(F)F)C2)cc1)n1ccc2cc(Cl)ccc21. The molecule has 0 N–H and O–H groups in total. The molecule has 0 saturated carbocycles. The molecule has 1 aliphatic rings. The first-order valence-electron chi connectivity index (χ1n) is 10.3. The van der Waals surface area contributed by atoms with Gasteiger partial charge < -0.3 is 4.84 Å². The zero-order chi connectivity index (χ0) is 25.0. The molecule has 0 saturated heterocycles. The lowest BCUT2D eigenvalue weighted by molar-refractivity contribution is -0.275. The quantitative estimate of drug-likeness (QED) is 0.267. The fourth-order valence-electron chi connectivity index (χ4n) is 4.08. The third kappa shape index (κ3) is 4.18. The van der Waals surface area contributed by atoms with E-state index in [1.807, 2.05) is 0 Å². The molecule has 1 unspecified atom stereocenters. The van der Waals surface area contributed by atoms with Crippen LogP contribution in [0.2, 0.25) is 15.1 Å². The summed E-state index contributed by atoms with van der Waals surface area (Å²) in [6, 6.07) is 16.8. The highest BCUT2D eigenvalue weighted by molar-refractivity contribution is 6.34. The van der Waals surface area contributed by atoms with Crippen molar-refractivity contribution < 1.29 is 22.8 Å². The van der Waals surface area contributed by atoms with Crippen LogP contribution in [0.1, 0.15) is 27.9 Å². The van der Waals surface area contributed by atoms with Crippen LogP contribution >= 0.6 is 34.8 Å². The van der Waals surface area contributed by atoms with Gasteiger partial charge in [-0.2, -0.15) is 13.2 Å². The maximum Gasteiger partial charge on any atom is 0.435 e. The smallest absolute Gasteiger partial charge is 0.374 e. The number of fused-ring (bicyclic) bond motifs is 1. The van der Waals surface area contributed by atoms with Crippen LogP contribution in [0.5, 0.6) is 0 Å². The van der Waals surface area contributed by atoms with Crippen LogP contribution in [-0.2, 0) is 10.4 Å². The first-order chi connectivity index (χ1) is 16.6. The normalized spacial score (nSPS) is 17.9. The number of alkyl halides is 3. The van der Waals surface area contributed by atoms with Crippen LogP contribution in [0.25, 0.3) is 10.9 Å². The Bertz CT molecular complexity index is 1480. The Kier molecular flexibility index (Phi) is 5.82. The van der Waals surface area contributed by atoms with E-state index in [0.29, 0.717) is 21.7 Å². The predicted molar refractivity (Wildman–Crippen MR) is 130 cm³/mol. The molecule has 3 aromatic carbocycles. The molecule has 1 aromatic heterocycles. The van der Waals surface area contributed by atoms with Gasteiger partial charge in [-0.1, -0.05) is 52.1 Å². The van der Waals surface area contributed by atoms with Crippen molar-refractivity contribution in [2.75, 3.05) is 0 Å². The van der Waals surface area contributed by atoms with E-state index in [1.165, 1.54) is 34.9 Å². The van der Waals surface area contributed by atoms with Crippen molar-refractivity contribution in [1.82, 2.24) is 4.57 Å². The fraction of sp³-hybridized carbons (Fsp3) is 0.120. The van der Waals surface area contributed by atoms with Gasteiger partial charge in [-0.05, 0) is 60.2 Å². The van der Waals surface area contributed by atoms with E-state index in [9.17, 15) is 18.0 Å². The number of hydrogen-bond acceptors (Lipinski definition) is 3. The summed E-state index contributed by atoms with van der Waals surface area (Å²) in [6.45, 7) is 0. The molecule has 4 aromatic rings. The average Bonchev–Trinajstić information content (AvgIpc) is 3.43. The molecule has 1 atom stereocenters. The van der Waals surface area contributed by atoms with Crippen LogP contribution in [0, 0.1) is 0 Å². The van der Waals surface area contributed by atoms with Crippen LogP contribution < -0.4 is 0 Å². The number of nitrogens with zero attached hydrogens (tertiary/aromatic N) is 2. The number of halogens is 6. The summed E-state index contributed by atoms with van der Waals surface area (Å²) < 4.78 is 44.1. The maximum absolute atomic E-state index is 14.2. The van der Waals surface area contributed by atoms with Crippen molar-refractivity contribution in [2.24, 2.45) is 5.16 Å². The molecule has 2 heterocycles. The third-order valence-corrected chi connectivity index (χ3v) is 6.52. The third-order valence-electron chi connectivity index (χ3n) is 5.85. The molecule has 10 heteroatoms. The molecule has 0 aliphatic carbocycles. The lowest BCUT2D eigenvalue weighted by Crippen LogP contribution is -2.42. The predicted octanol–water partition coefficient (Wildman–Crippen LogP) is 7.87. The molecule has 1 aliphatic heterocycles. The summed E-state index contributed by atoms with van der Waals surface area (Å²) >= 11 is 17.9. The van der Waals surface area contributed by atoms with E-state index < -0.39 is 18.2 Å². The Morgan fingerprint density at radius 1 is 0.914 bits per heavy atom. The summed E-state index contributed by atoms with van der Waals surface area (Å²) in [7, 11) is 0. The van der Waals surface area contributed by atoms with Gasteiger partial charge in [0.15, 0.2) is 0 Å². The molecular formula is C25H14Cl3F3N2O2. The Balaban J connectivity index is 1.43. The second kappa shape index (κ2) is 8.59. The van der Waals surface area contributed by atoms with Gasteiger partial charge in [-0.25, -0.2) is 0 Å². The monoisotopic (exact) mass is 536 g/mol. The van der Waals surface area contributed by atoms with Crippen molar-refractivity contribution in [1.29, 1.82) is 0 Å². The fourth-order valence-corrected chi connectivity index (χ4v) is 4.79. The van der Waals surface area contributed by atoms with E-state index in [-0.39, 0.29) is 27.2 Å². The number of carbonyl (C=O) groups excluding carboxylic acids is 1. The van der Waals surface area contributed by atoms with Gasteiger partial charge in [0.2, 0.25) is 0 Å². The maximum atomic E-state index is 14.2. The average molecular weight is 538 g/mol. The topological polar surface area (TPSA) is 43.6 Å². The Labute approximate surface area is 212 Å². The second-order valence-electron chi connectivity index (χ2n) is 8.06. The molecule has 0 bridgehead atoms. The Morgan fingerprint density at radius 2 is 1.60 bits per heavy atom. The Hall–Kier alpha value is -3.00. The van der Waals surface area contributed by atoms with E-state index in [0.717, 1.165) is 17.5 Å². The van der Waals surface area contributed by atoms with Gasteiger partial charge in [0.25, 0.3) is 11.5 Å². The lowest BCUT2D eigenvalue weighted by Gasteiger charge is -2.29. The minimum Gasteiger partial charge on any atom is -0.374 e. The van der Waals surface area contributed by atoms with Crippen molar-refractivity contribution in [2.45, 2.75) is 18.2 Å². The molecule has 5 rings (SSSR count). The van der Waals surface area contributed by atoms with E-state index in [1.54, 1.807) is 30.5 Å². The van der Waals surface area contributed by atoms with Crippen LogP contribution in [-0.4, -0.2) is 22.4 Å². The molecule has 0 radical (unpaired) electrons. The molecule has 0 amide bonds. The minimum atomic E-state index is -4.79. The van der Waals surface area contributed by atoms with Crippen molar-refractivity contribution in [3.05, 3.63) is 105 Å². The molecule has 0 spiro atoms. The summed E-state index contributed by atoms with van der Waals surface area (Å²) in [5.41, 5.74) is -1.45. The summed E-state index contributed by atoms with van der Waals surface area (Å²) in [5.74, 6) is -0.295. The molecule has 178 valence electrons. The highest BCUT2D eigenvalue weighted by Gasteiger charge is 2.62. The lowest BCUT2D eigenvalue weighted by atomic mass is 9.86. The van der Waals surface area contributed by atoms with E-state index >= 15 is 0 Å². The number of rotatable bonds is 3. The van der Waals surface area contributed by atoms with Crippen molar-refractivity contribution >= 4 is 57.3 Å². The van der Waals surface area contributed by atoms with Gasteiger partial charge in [0.05, 0.1) is 11.2 Å². The standard InChI is InChI=1S/C25H14Cl3F3N2O2/c26-18-5-6-22-16(9-18)7-8-33(22)23(34)15-3-1-14(2-4-15)21-13-24(35-32-21,25(29,30)31)17-10-19(27)12-20(28)11-17/h1-12H,13H2. The number of carbonyl (C=O) groups is 1. The first-order valence-corrected chi connectivity index (χ1v) is 11.4.